The van der Waals surface area contributed by atoms with Gasteiger partial charge in [0.1, 0.15) is 0 Å². The maximum Gasteiger partial charge on any atom is 0.251 e. The van der Waals surface area contributed by atoms with Crippen molar-refractivity contribution >= 4 is 42.6 Å². The molecule has 9 heteroatoms. The molecule has 0 aliphatic carbocycles. The predicted octanol–water partition coefficient (Wildman–Crippen LogP) is 2.60. The molecule has 0 unspecified atom stereocenters. The number of nitrogens with one attached hydrogen (secondary N) is 3. The summed E-state index contributed by atoms with van der Waals surface area (Å²) in [7, 11) is -3.67. The van der Waals surface area contributed by atoms with Gasteiger partial charge in [0.2, 0.25) is 10.0 Å². The smallest absolute Gasteiger partial charge is 0.251 e. The lowest BCUT2D eigenvalue weighted by Gasteiger charge is -2.08. The van der Waals surface area contributed by atoms with Crippen molar-refractivity contribution in [1.29, 1.82) is 0 Å². The van der Waals surface area contributed by atoms with Gasteiger partial charge in [0, 0.05) is 25.2 Å². The van der Waals surface area contributed by atoms with Gasteiger partial charge in [0.05, 0.1) is 15.1 Å². The van der Waals surface area contributed by atoms with Crippen molar-refractivity contribution < 1.29 is 13.2 Å². The Morgan fingerprint density at radius 3 is 2.75 bits per heavy atom. The number of carbonyl (C=O) groups excluding carboxylic acids is 1. The van der Waals surface area contributed by atoms with Crippen LogP contribution in [0, 0.1) is 0 Å². The largest absolute Gasteiger partial charge is 0.360 e. The van der Waals surface area contributed by atoms with Gasteiger partial charge < -0.3 is 10.6 Å². The zero-order valence-corrected chi connectivity index (χ0v) is 16.6. The fraction of sp³-hybridized carbons (Fsp3) is 0.158. The molecule has 7 nitrogen and oxygen atoms in total. The number of sulfonamides is 1. The molecule has 0 saturated carbocycles. The maximum atomic E-state index is 12.3. The third-order valence-corrected chi connectivity index (χ3v) is 6.22. The number of anilines is 1. The second kappa shape index (κ2) is 8.96. The van der Waals surface area contributed by atoms with Crippen molar-refractivity contribution in [3.05, 3.63) is 66.7 Å². The minimum atomic E-state index is -3.67. The van der Waals surface area contributed by atoms with Crippen LogP contribution < -0.4 is 15.4 Å². The number of carbonyl (C=O) groups is 1. The molecule has 3 rings (SSSR count). The summed E-state index contributed by atoms with van der Waals surface area (Å²) in [6.07, 6.45) is 1.45. The second-order valence-corrected chi connectivity index (χ2v) is 8.64. The van der Waals surface area contributed by atoms with E-state index in [1.807, 2.05) is 24.3 Å². The molecule has 0 fully saturated rings. The number of para-hydroxylation sites is 1. The van der Waals surface area contributed by atoms with Gasteiger partial charge in [-0.05, 0) is 30.3 Å². The summed E-state index contributed by atoms with van der Waals surface area (Å²) >= 11 is 1.55. The number of nitrogens with zero attached hydrogens (tertiary/aromatic N) is 1. The van der Waals surface area contributed by atoms with Crippen LogP contribution in [0.15, 0.2) is 66.1 Å². The minimum Gasteiger partial charge on any atom is -0.360 e. The van der Waals surface area contributed by atoms with E-state index in [4.69, 9.17) is 0 Å². The summed E-state index contributed by atoms with van der Waals surface area (Å²) in [5.41, 5.74) is 1.21. The van der Waals surface area contributed by atoms with Crippen molar-refractivity contribution in [2.45, 2.75) is 4.90 Å². The molecule has 3 aromatic rings. The number of hydrogen-bond donors (Lipinski definition) is 3. The molecule has 2 aromatic carbocycles. The van der Waals surface area contributed by atoms with Crippen LogP contribution in [0.1, 0.15) is 10.4 Å². The fourth-order valence-electron chi connectivity index (χ4n) is 2.45. The number of thiazole rings is 1. The molecule has 3 N–H and O–H groups in total. The van der Waals surface area contributed by atoms with E-state index < -0.39 is 10.0 Å². The van der Waals surface area contributed by atoms with E-state index in [-0.39, 0.29) is 22.9 Å². The molecular weight excluding hydrogens is 396 g/mol. The van der Waals surface area contributed by atoms with Crippen molar-refractivity contribution in [2.75, 3.05) is 25.0 Å². The van der Waals surface area contributed by atoms with Crippen LogP contribution in [0.25, 0.3) is 10.2 Å². The van der Waals surface area contributed by atoms with Gasteiger partial charge >= 0.3 is 0 Å². The summed E-state index contributed by atoms with van der Waals surface area (Å²) in [5.74, 6) is -0.341. The molecule has 1 aromatic heterocycles. The lowest BCUT2D eigenvalue weighted by atomic mass is 10.2. The summed E-state index contributed by atoms with van der Waals surface area (Å²) in [6, 6.07) is 13.8. The molecule has 28 heavy (non-hydrogen) atoms. The third-order valence-electron chi connectivity index (χ3n) is 3.80. The van der Waals surface area contributed by atoms with Crippen LogP contribution in [0.3, 0.4) is 0 Å². The van der Waals surface area contributed by atoms with Gasteiger partial charge in [0.25, 0.3) is 5.91 Å². The number of hydrogen-bond acceptors (Lipinski definition) is 6. The van der Waals surface area contributed by atoms with Gasteiger partial charge in [-0.25, -0.2) is 18.1 Å². The normalized spacial score (nSPS) is 11.3. The van der Waals surface area contributed by atoms with Crippen molar-refractivity contribution in [3.8, 4) is 0 Å². The highest BCUT2D eigenvalue weighted by Crippen LogP contribution is 2.24. The number of benzene rings is 2. The van der Waals surface area contributed by atoms with E-state index in [2.05, 4.69) is 26.9 Å². The van der Waals surface area contributed by atoms with E-state index in [0.717, 1.165) is 15.3 Å². The van der Waals surface area contributed by atoms with Gasteiger partial charge in [-0.15, -0.1) is 6.58 Å². The summed E-state index contributed by atoms with van der Waals surface area (Å²) < 4.78 is 27.8. The summed E-state index contributed by atoms with van der Waals surface area (Å²) in [6.45, 7) is 4.48. The van der Waals surface area contributed by atoms with Crippen LogP contribution in [-0.2, 0) is 10.0 Å². The number of aromatic nitrogens is 1. The van der Waals surface area contributed by atoms with Crippen LogP contribution in [0.4, 0.5) is 5.13 Å². The van der Waals surface area contributed by atoms with Gasteiger partial charge in [-0.1, -0.05) is 35.6 Å². The standard InChI is InChI=1S/C19H20N4O3S2/c1-2-10-22-28(25,26)15-7-5-6-14(13-15)18(24)20-11-12-21-19-23-16-8-3-4-9-17(16)27-19/h2-9,13,22H,1,10-12H2,(H,20,24)(H,21,23). The molecule has 0 bridgehead atoms. The van der Waals surface area contributed by atoms with E-state index >= 15 is 0 Å². The molecule has 0 radical (unpaired) electrons. The minimum absolute atomic E-state index is 0.0367. The number of rotatable bonds is 9. The molecule has 1 heterocycles. The molecule has 0 aliphatic rings. The van der Waals surface area contributed by atoms with E-state index in [1.54, 1.807) is 17.4 Å². The SMILES string of the molecule is C=CCNS(=O)(=O)c1cccc(C(=O)NCCNc2nc3ccccc3s2)c1. The zero-order chi connectivity index (χ0) is 20.0. The Bertz CT molecular complexity index is 1060. The van der Waals surface area contributed by atoms with E-state index in [1.165, 1.54) is 24.3 Å². The fourth-order valence-corrected chi connectivity index (χ4v) is 4.39. The lowest BCUT2D eigenvalue weighted by Crippen LogP contribution is -2.29. The Morgan fingerprint density at radius 2 is 1.96 bits per heavy atom. The Morgan fingerprint density at radius 1 is 1.14 bits per heavy atom. The lowest BCUT2D eigenvalue weighted by molar-refractivity contribution is 0.0955. The number of amides is 1. The van der Waals surface area contributed by atoms with Gasteiger partial charge in [-0.2, -0.15) is 0 Å². The highest BCUT2D eigenvalue weighted by atomic mass is 32.2. The van der Waals surface area contributed by atoms with Crippen molar-refractivity contribution in [1.82, 2.24) is 15.0 Å². The van der Waals surface area contributed by atoms with E-state index in [9.17, 15) is 13.2 Å². The maximum absolute atomic E-state index is 12.3. The van der Waals surface area contributed by atoms with Crippen LogP contribution in [-0.4, -0.2) is 38.9 Å². The van der Waals surface area contributed by atoms with Crippen molar-refractivity contribution in [2.24, 2.45) is 0 Å². The quantitative estimate of drug-likeness (QED) is 0.368. The Labute approximate surface area is 167 Å². The third kappa shape index (κ3) is 4.94. The molecular formula is C19H20N4O3S2. The Kier molecular flexibility index (Phi) is 6.40. The molecule has 146 valence electrons. The second-order valence-electron chi connectivity index (χ2n) is 5.84. The topological polar surface area (TPSA) is 100 Å². The first-order chi connectivity index (χ1) is 13.5. The van der Waals surface area contributed by atoms with Crippen molar-refractivity contribution in [3.63, 3.8) is 0 Å². The van der Waals surface area contributed by atoms with Gasteiger partial charge in [0.15, 0.2) is 5.13 Å². The Balaban J connectivity index is 1.54. The predicted molar refractivity (Wildman–Crippen MR) is 112 cm³/mol. The van der Waals surface area contributed by atoms with Gasteiger partial charge in [-0.3, -0.25) is 4.79 Å². The highest BCUT2D eigenvalue weighted by molar-refractivity contribution is 7.89. The van der Waals surface area contributed by atoms with Crippen LogP contribution in [0.5, 0.6) is 0 Å². The first-order valence-electron chi connectivity index (χ1n) is 8.58. The zero-order valence-electron chi connectivity index (χ0n) is 15.0. The summed E-state index contributed by atoms with van der Waals surface area (Å²) in [5, 5.41) is 6.73. The molecule has 0 spiro atoms. The van der Waals surface area contributed by atoms with E-state index in [0.29, 0.717) is 13.1 Å². The highest BCUT2D eigenvalue weighted by Gasteiger charge is 2.15. The first-order valence-corrected chi connectivity index (χ1v) is 10.9. The molecule has 0 aliphatic heterocycles. The molecule has 0 saturated heterocycles. The molecule has 0 atom stereocenters. The van der Waals surface area contributed by atoms with Crippen LogP contribution >= 0.6 is 11.3 Å². The van der Waals surface area contributed by atoms with Crippen LogP contribution in [0.2, 0.25) is 0 Å². The molecule has 1 amide bonds. The average molecular weight is 417 g/mol. The number of fused-ring (bicyclic) bond motifs is 1. The first kappa shape index (κ1) is 20.0. The monoisotopic (exact) mass is 416 g/mol. The average Bonchev–Trinajstić information content (AvgIpc) is 3.12. The summed E-state index contributed by atoms with van der Waals surface area (Å²) in [4.78, 5) is 16.8. The Hall–Kier alpha value is -2.75.